The molecule has 0 bridgehead atoms. The molecule has 3 heteroatoms. The number of aliphatic imine (C=N–C) groups is 1. The van der Waals surface area contributed by atoms with Gasteiger partial charge in [0, 0.05) is 21.8 Å². The van der Waals surface area contributed by atoms with Crippen molar-refractivity contribution < 1.29 is 0 Å². The van der Waals surface area contributed by atoms with E-state index in [1.54, 1.807) is 0 Å². The number of benzene rings is 8. The maximum atomic E-state index is 5.76. The minimum atomic E-state index is -0.212. The van der Waals surface area contributed by atoms with Crippen molar-refractivity contribution in [2.75, 3.05) is 0 Å². The lowest BCUT2D eigenvalue weighted by atomic mass is 9.76. The summed E-state index contributed by atoms with van der Waals surface area (Å²) in [6.07, 6.45) is 0. The summed E-state index contributed by atoms with van der Waals surface area (Å²) in [5.74, 6) is 0.853. The van der Waals surface area contributed by atoms with Gasteiger partial charge in [-0.05, 0) is 84.1 Å². The molecule has 0 spiro atoms. The van der Waals surface area contributed by atoms with Crippen LogP contribution in [0.15, 0.2) is 162 Å². The van der Waals surface area contributed by atoms with Crippen molar-refractivity contribution in [1.82, 2.24) is 9.88 Å². The van der Waals surface area contributed by atoms with E-state index in [0.717, 1.165) is 17.0 Å². The highest BCUT2D eigenvalue weighted by Gasteiger charge is 2.44. The first-order valence-electron chi connectivity index (χ1n) is 17.5. The number of nitrogens with zero attached hydrogens (tertiary/aromatic N) is 2. The van der Waals surface area contributed by atoms with Gasteiger partial charge in [0.05, 0.1) is 16.7 Å². The lowest BCUT2D eigenvalue weighted by Gasteiger charge is -2.33. The van der Waals surface area contributed by atoms with Crippen molar-refractivity contribution in [3.8, 4) is 0 Å². The van der Waals surface area contributed by atoms with Gasteiger partial charge in [-0.3, -0.25) is 4.57 Å². The summed E-state index contributed by atoms with van der Waals surface area (Å²) in [4.78, 5) is 5.76. The third-order valence-electron chi connectivity index (χ3n) is 11.4. The van der Waals surface area contributed by atoms with Crippen molar-refractivity contribution in [2.24, 2.45) is 4.99 Å². The zero-order valence-electron chi connectivity index (χ0n) is 27.9. The third kappa shape index (κ3) is 3.67. The van der Waals surface area contributed by atoms with Gasteiger partial charge in [-0.25, -0.2) is 4.99 Å². The first-order valence-corrected chi connectivity index (χ1v) is 17.5. The second-order valence-electron chi connectivity index (χ2n) is 14.4. The average molecular weight is 640 g/mol. The lowest BCUT2D eigenvalue weighted by molar-refractivity contribution is 0.575. The van der Waals surface area contributed by atoms with Gasteiger partial charge in [-0.1, -0.05) is 141 Å². The Morgan fingerprint density at radius 2 is 1.10 bits per heavy atom. The Balaban J connectivity index is 1.22. The molecule has 1 aliphatic carbocycles. The van der Waals surface area contributed by atoms with Crippen LogP contribution < -0.4 is 5.32 Å². The fourth-order valence-electron chi connectivity index (χ4n) is 9.13. The lowest BCUT2D eigenvalue weighted by Crippen LogP contribution is -2.35. The third-order valence-corrected chi connectivity index (χ3v) is 11.4. The van der Waals surface area contributed by atoms with Gasteiger partial charge in [0.15, 0.2) is 0 Å². The second-order valence-corrected chi connectivity index (χ2v) is 14.4. The molecule has 9 aromatic rings. The fourth-order valence-corrected chi connectivity index (χ4v) is 9.13. The van der Waals surface area contributed by atoms with E-state index < -0.39 is 0 Å². The number of para-hydroxylation sites is 1. The Labute approximate surface area is 289 Å². The van der Waals surface area contributed by atoms with Gasteiger partial charge in [-0.2, -0.15) is 0 Å². The van der Waals surface area contributed by atoms with Crippen molar-refractivity contribution in [2.45, 2.75) is 25.3 Å². The molecule has 0 amide bonds. The fraction of sp³-hybridized carbons (Fsp3) is 0.0851. The van der Waals surface area contributed by atoms with E-state index in [2.05, 4.69) is 175 Å². The molecule has 0 radical (unpaired) electrons. The van der Waals surface area contributed by atoms with Crippen LogP contribution in [-0.4, -0.2) is 10.5 Å². The minimum absolute atomic E-state index is 0.185. The van der Waals surface area contributed by atoms with Gasteiger partial charge in [0.1, 0.15) is 6.04 Å². The van der Waals surface area contributed by atoms with Crippen LogP contribution in [0.5, 0.6) is 0 Å². The topological polar surface area (TPSA) is 29.3 Å². The van der Waals surface area contributed by atoms with Crippen LogP contribution in [-0.2, 0) is 5.41 Å². The van der Waals surface area contributed by atoms with Crippen LogP contribution in [0.1, 0.15) is 36.6 Å². The summed E-state index contributed by atoms with van der Waals surface area (Å²) in [7, 11) is 0. The molecule has 2 aliphatic rings. The largest absolute Gasteiger partial charge is 0.325 e. The quantitative estimate of drug-likeness (QED) is 0.178. The Morgan fingerprint density at radius 1 is 0.520 bits per heavy atom. The van der Waals surface area contributed by atoms with E-state index >= 15 is 0 Å². The van der Waals surface area contributed by atoms with Crippen molar-refractivity contribution in [3.05, 3.63) is 174 Å². The molecule has 1 N–H and O–H groups in total. The first-order chi connectivity index (χ1) is 24.6. The predicted octanol–water partition coefficient (Wildman–Crippen LogP) is 11.7. The Bertz CT molecular complexity index is 2960. The van der Waals surface area contributed by atoms with Crippen molar-refractivity contribution in [1.29, 1.82) is 0 Å². The molecule has 1 unspecified atom stereocenters. The zero-order chi connectivity index (χ0) is 33.1. The van der Waals surface area contributed by atoms with E-state index in [-0.39, 0.29) is 11.5 Å². The summed E-state index contributed by atoms with van der Waals surface area (Å²) >= 11 is 0. The molecule has 11 rings (SSSR count). The molecule has 8 aromatic carbocycles. The van der Waals surface area contributed by atoms with Crippen LogP contribution in [0.4, 0.5) is 0 Å². The predicted molar refractivity (Wildman–Crippen MR) is 211 cm³/mol. The zero-order valence-corrected chi connectivity index (χ0v) is 27.9. The van der Waals surface area contributed by atoms with Gasteiger partial charge in [0.2, 0.25) is 5.96 Å². The van der Waals surface area contributed by atoms with E-state index in [1.165, 1.54) is 81.8 Å². The Hall–Kier alpha value is -6.19. The van der Waals surface area contributed by atoms with E-state index in [0.29, 0.717) is 0 Å². The first kappa shape index (κ1) is 27.7. The standard InChI is InChI=1S/C47H33N3/c1-47(2)40-21-11-9-20-37(40)45-43(47)44(30-23-24-35-33-17-6-5-15-31(33)32-16-7-8-18-34(32)38(35)26-30)48-46(49-45)50-41-22-12-10-19-36(41)39-25-28-13-3-4-14-29(28)27-42(39)50/h3-27,44H,1-2H3,(H,48,49). The molecule has 3 nitrogen and oxygen atoms in total. The number of hydrogen-bond donors (Lipinski definition) is 1. The van der Waals surface area contributed by atoms with Gasteiger partial charge >= 0.3 is 0 Å². The highest BCUT2D eigenvalue weighted by Crippen LogP contribution is 2.53. The summed E-state index contributed by atoms with van der Waals surface area (Å²) in [5, 5.41) is 16.6. The minimum Gasteiger partial charge on any atom is -0.325 e. The Morgan fingerprint density at radius 3 is 1.84 bits per heavy atom. The molecule has 0 saturated carbocycles. The molecule has 1 aromatic heterocycles. The molecular formula is C47H33N3. The van der Waals surface area contributed by atoms with Gasteiger partial charge in [-0.15, -0.1) is 0 Å². The van der Waals surface area contributed by atoms with Crippen LogP contribution in [0.3, 0.4) is 0 Å². The number of hydrogen-bond acceptors (Lipinski definition) is 2. The number of rotatable bonds is 1. The Kier molecular flexibility index (Phi) is 5.51. The molecule has 1 aliphatic heterocycles. The molecule has 0 saturated heterocycles. The van der Waals surface area contributed by atoms with Crippen LogP contribution in [0.25, 0.3) is 70.6 Å². The highest BCUT2D eigenvalue weighted by molar-refractivity contribution is 6.25. The number of nitrogens with one attached hydrogen (secondary N) is 1. The summed E-state index contributed by atoms with van der Waals surface area (Å²) in [6, 6.07) is 55.5. The van der Waals surface area contributed by atoms with Gasteiger partial charge < -0.3 is 5.32 Å². The van der Waals surface area contributed by atoms with E-state index in [4.69, 9.17) is 4.99 Å². The molecular weight excluding hydrogens is 607 g/mol. The smallest absolute Gasteiger partial charge is 0.208 e. The van der Waals surface area contributed by atoms with Crippen LogP contribution in [0, 0.1) is 0 Å². The van der Waals surface area contributed by atoms with Crippen LogP contribution >= 0.6 is 0 Å². The average Bonchev–Trinajstić information content (AvgIpc) is 3.61. The van der Waals surface area contributed by atoms with Crippen molar-refractivity contribution in [3.63, 3.8) is 0 Å². The maximum Gasteiger partial charge on any atom is 0.208 e. The monoisotopic (exact) mass is 639 g/mol. The van der Waals surface area contributed by atoms with E-state index in [9.17, 15) is 0 Å². The summed E-state index contributed by atoms with van der Waals surface area (Å²) in [6.45, 7) is 4.72. The molecule has 0 fully saturated rings. The summed E-state index contributed by atoms with van der Waals surface area (Å²) < 4.78 is 2.35. The van der Waals surface area contributed by atoms with Crippen molar-refractivity contribution >= 4 is 76.6 Å². The maximum absolute atomic E-state index is 5.76. The SMILES string of the molecule is CC1(C)C2=C(NC(n3c4ccccc4c4cc5ccccc5cc43)=NC2c2ccc3c4ccccc4c4ccccc4c3c2)c2ccccc21. The normalized spacial score (nSPS) is 16.8. The molecule has 236 valence electrons. The molecule has 50 heavy (non-hydrogen) atoms. The number of aromatic nitrogens is 1. The second kappa shape index (κ2) is 9.93. The molecule has 1 atom stereocenters. The van der Waals surface area contributed by atoms with E-state index in [1.807, 2.05) is 0 Å². The summed E-state index contributed by atoms with van der Waals surface area (Å²) in [5.41, 5.74) is 8.38. The highest BCUT2D eigenvalue weighted by atomic mass is 15.2. The molecule has 2 heterocycles. The number of fused-ring (bicyclic) bond motifs is 12. The van der Waals surface area contributed by atoms with Gasteiger partial charge in [0.25, 0.3) is 0 Å². The van der Waals surface area contributed by atoms with Crippen LogP contribution in [0.2, 0.25) is 0 Å².